The second-order valence-electron chi connectivity index (χ2n) is 6.21. The van der Waals surface area contributed by atoms with Crippen molar-refractivity contribution in [2.45, 2.75) is 25.8 Å². The number of hydrogen-bond donors (Lipinski definition) is 3. The molecular weight excluding hydrogens is 338 g/mol. The zero-order valence-corrected chi connectivity index (χ0v) is 14.6. The van der Waals surface area contributed by atoms with Crippen molar-refractivity contribution >= 4 is 40.5 Å². The maximum Gasteiger partial charge on any atom is 0.246 e. The molecule has 130 valence electrons. The normalized spacial score (nSPS) is 14.5. The van der Waals surface area contributed by atoms with Crippen LogP contribution in [0.4, 0.5) is 17.1 Å². The number of halogens is 1. The van der Waals surface area contributed by atoms with Crippen LogP contribution < -0.4 is 16.0 Å². The van der Waals surface area contributed by atoms with E-state index >= 15 is 0 Å². The molecule has 0 radical (unpaired) electrons. The summed E-state index contributed by atoms with van der Waals surface area (Å²) in [6.07, 6.45) is 1.93. The molecule has 1 atom stereocenters. The topological polar surface area (TPSA) is 70.2 Å². The standard InChI is InChI=1S/C19H20ClN3O2/c1-12(18(24)22-15-9-7-14(20)8-10-15)21-16-3-2-4-17(11-16)23-19(25)13-5-6-13/h2-4,7-13,21H,5-6H2,1H3,(H,22,24)(H,23,25). The smallest absolute Gasteiger partial charge is 0.246 e. The highest BCUT2D eigenvalue weighted by molar-refractivity contribution is 6.30. The molecule has 1 aliphatic rings. The summed E-state index contributed by atoms with van der Waals surface area (Å²) in [5.41, 5.74) is 2.19. The summed E-state index contributed by atoms with van der Waals surface area (Å²) in [7, 11) is 0. The second kappa shape index (κ2) is 7.57. The lowest BCUT2D eigenvalue weighted by atomic mass is 10.2. The molecule has 0 bridgehead atoms. The minimum absolute atomic E-state index is 0.0608. The van der Waals surface area contributed by atoms with Gasteiger partial charge < -0.3 is 16.0 Å². The molecule has 6 heteroatoms. The first kappa shape index (κ1) is 17.3. The van der Waals surface area contributed by atoms with Crippen molar-refractivity contribution < 1.29 is 9.59 Å². The van der Waals surface area contributed by atoms with Gasteiger partial charge in [0.15, 0.2) is 0 Å². The molecule has 2 aromatic rings. The lowest BCUT2D eigenvalue weighted by molar-refractivity contribution is -0.117. The number of carbonyl (C=O) groups is 2. The summed E-state index contributed by atoms with van der Waals surface area (Å²) < 4.78 is 0. The molecule has 0 aromatic heterocycles. The molecule has 25 heavy (non-hydrogen) atoms. The van der Waals surface area contributed by atoms with Crippen LogP contribution in [0, 0.1) is 5.92 Å². The molecule has 2 aromatic carbocycles. The zero-order valence-electron chi connectivity index (χ0n) is 13.9. The van der Waals surface area contributed by atoms with Crippen molar-refractivity contribution in [1.29, 1.82) is 0 Å². The minimum Gasteiger partial charge on any atom is -0.374 e. The summed E-state index contributed by atoms with van der Waals surface area (Å²) in [4.78, 5) is 24.1. The Labute approximate surface area is 151 Å². The number of benzene rings is 2. The summed E-state index contributed by atoms with van der Waals surface area (Å²) in [6, 6.07) is 13.9. The molecule has 1 unspecified atom stereocenters. The SMILES string of the molecule is CC(Nc1cccc(NC(=O)C2CC2)c1)C(=O)Nc1ccc(Cl)cc1. The average Bonchev–Trinajstić information content (AvgIpc) is 3.42. The average molecular weight is 358 g/mol. The Kier molecular flexibility index (Phi) is 5.24. The van der Waals surface area contributed by atoms with Crippen LogP contribution in [0.15, 0.2) is 48.5 Å². The number of anilines is 3. The molecule has 2 amide bonds. The van der Waals surface area contributed by atoms with E-state index in [-0.39, 0.29) is 17.7 Å². The van der Waals surface area contributed by atoms with Gasteiger partial charge in [-0.25, -0.2) is 0 Å². The Bertz CT molecular complexity index is 772. The van der Waals surface area contributed by atoms with E-state index in [1.165, 1.54) is 0 Å². The molecule has 3 N–H and O–H groups in total. The van der Waals surface area contributed by atoms with Gasteiger partial charge in [0.1, 0.15) is 6.04 Å². The van der Waals surface area contributed by atoms with Crippen LogP contribution >= 0.6 is 11.6 Å². The maximum absolute atomic E-state index is 12.3. The number of nitrogens with one attached hydrogen (secondary N) is 3. The van der Waals surface area contributed by atoms with Gasteiger partial charge in [0.25, 0.3) is 0 Å². The first-order valence-corrected chi connectivity index (χ1v) is 8.63. The number of hydrogen-bond acceptors (Lipinski definition) is 3. The van der Waals surface area contributed by atoms with Gasteiger partial charge in [-0.3, -0.25) is 9.59 Å². The molecule has 3 rings (SSSR count). The molecule has 1 saturated carbocycles. The summed E-state index contributed by atoms with van der Waals surface area (Å²) in [5, 5.41) is 9.49. The second-order valence-corrected chi connectivity index (χ2v) is 6.64. The molecule has 1 fully saturated rings. The number of amides is 2. The van der Waals surface area contributed by atoms with Crippen LogP contribution in [0.25, 0.3) is 0 Å². The fraction of sp³-hybridized carbons (Fsp3) is 0.263. The van der Waals surface area contributed by atoms with Gasteiger partial charge in [0.05, 0.1) is 0 Å². The van der Waals surface area contributed by atoms with Gasteiger partial charge in [0, 0.05) is 28.0 Å². The predicted molar refractivity (Wildman–Crippen MR) is 101 cm³/mol. The Morgan fingerprint density at radius 2 is 1.68 bits per heavy atom. The van der Waals surface area contributed by atoms with E-state index in [0.29, 0.717) is 10.7 Å². The van der Waals surface area contributed by atoms with Gasteiger partial charge in [-0.05, 0) is 62.2 Å². The van der Waals surface area contributed by atoms with Crippen molar-refractivity contribution in [3.8, 4) is 0 Å². The maximum atomic E-state index is 12.3. The van der Waals surface area contributed by atoms with Crippen molar-refractivity contribution in [2.75, 3.05) is 16.0 Å². The van der Waals surface area contributed by atoms with Crippen LogP contribution in [-0.4, -0.2) is 17.9 Å². The Morgan fingerprint density at radius 1 is 1.00 bits per heavy atom. The van der Waals surface area contributed by atoms with Crippen molar-refractivity contribution in [3.63, 3.8) is 0 Å². The van der Waals surface area contributed by atoms with E-state index in [0.717, 1.165) is 24.2 Å². The van der Waals surface area contributed by atoms with Gasteiger partial charge in [0.2, 0.25) is 11.8 Å². The first-order chi connectivity index (χ1) is 12.0. The van der Waals surface area contributed by atoms with Gasteiger partial charge in [-0.2, -0.15) is 0 Å². The lowest BCUT2D eigenvalue weighted by Gasteiger charge is -2.16. The van der Waals surface area contributed by atoms with E-state index in [2.05, 4.69) is 16.0 Å². The predicted octanol–water partition coefficient (Wildman–Crippen LogP) is 4.13. The highest BCUT2D eigenvalue weighted by atomic mass is 35.5. The quantitative estimate of drug-likeness (QED) is 0.728. The summed E-state index contributed by atoms with van der Waals surface area (Å²) in [5.74, 6) is 0.0566. The Hall–Kier alpha value is -2.53. The Morgan fingerprint density at radius 3 is 2.36 bits per heavy atom. The van der Waals surface area contributed by atoms with Crippen LogP contribution in [0.1, 0.15) is 19.8 Å². The van der Waals surface area contributed by atoms with Crippen molar-refractivity contribution in [2.24, 2.45) is 5.92 Å². The van der Waals surface area contributed by atoms with Crippen molar-refractivity contribution in [1.82, 2.24) is 0 Å². The highest BCUT2D eigenvalue weighted by Gasteiger charge is 2.29. The molecular formula is C19H20ClN3O2. The van der Waals surface area contributed by atoms with Crippen molar-refractivity contribution in [3.05, 3.63) is 53.6 Å². The van der Waals surface area contributed by atoms with Gasteiger partial charge in [-0.1, -0.05) is 17.7 Å². The summed E-state index contributed by atoms with van der Waals surface area (Å²) >= 11 is 5.84. The highest BCUT2D eigenvalue weighted by Crippen LogP contribution is 2.30. The van der Waals surface area contributed by atoms with Gasteiger partial charge >= 0.3 is 0 Å². The molecule has 0 spiro atoms. The van der Waals surface area contributed by atoms with Crippen LogP contribution in [-0.2, 0) is 9.59 Å². The molecule has 1 aliphatic carbocycles. The lowest BCUT2D eigenvalue weighted by Crippen LogP contribution is -2.31. The largest absolute Gasteiger partial charge is 0.374 e. The molecule has 5 nitrogen and oxygen atoms in total. The third kappa shape index (κ3) is 4.97. The third-order valence-electron chi connectivity index (χ3n) is 3.97. The fourth-order valence-electron chi connectivity index (χ4n) is 2.38. The summed E-state index contributed by atoms with van der Waals surface area (Å²) in [6.45, 7) is 1.78. The van der Waals surface area contributed by atoms with Gasteiger partial charge in [-0.15, -0.1) is 0 Å². The van der Waals surface area contributed by atoms with Crippen LogP contribution in [0.2, 0.25) is 5.02 Å². The first-order valence-electron chi connectivity index (χ1n) is 8.25. The third-order valence-corrected chi connectivity index (χ3v) is 4.22. The minimum atomic E-state index is -0.440. The van der Waals surface area contributed by atoms with Crippen LogP contribution in [0.3, 0.4) is 0 Å². The van der Waals surface area contributed by atoms with E-state index < -0.39 is 6.04 Å². The van der Waals surface area contributed by atoms with E-state index in [9.17, 15) is 9.59 Å². The van der Waals surface area contributed by atoms with E-state index in [1.807, 2.05) is 24.3 Å². The monoisotopic (exact) mass is 357 g/mol. The van der Waals surface area contributed by atoms with E-state index in [4.69, 9.17) is 11.6 Å². The fourth-order valence-corrected chi connectivity index (χ4v) is 2.50. The molecule has 0 aliphatic heterocycles. The van der Waals surface area contributed by atoms with E-state index in [1.54, 1.807) is 31.2 Å². The zero-order chi connectivity index (χ0) is 17.8. The van der Waals surface area contributed by atoms with Crippen LogP contribution in [0.5, 0.6) is 0 Å². The number of rotatable bonds is 6. The Balaban J connectivity index is 1.57. The number of carbonyl (C=O) groups excluding carboxylic acids is 2. The molecule has 0 saturated heterocycles. The molecule has 0 heterocycles.